The Kier molecular flexibility index (Phi) is 5.39. The molecule has 1 fully saturated rings. The number of carbonyl (C=O) groups excluding carboxylic acids is 2. The van der Waals surface area contributed by atoms with E-state index in [-0.39, 0.29) is 22.1 Å². The number of anilines is 1. The Morgan fingerprint density at radius 1 is 1.21 bits per heavy atom. The predicted octanol–water partition coefficient (Wildman–Crippen LogP) is 3.09. The molecule has 28 heavy (non-hydrogen) atoms. The number of methoxy groups -OCH3 is 1. The summed E-state index contributed by atoms with van der Waals surface area (Å²) in [4.78, 5) is 36.8. The highest BCUT2D eigenvalue weighted by atomic mass is 35.5. The summed E-state index contributed by atoms with van der Waals surface area (Å²) >= 11 is 11.0. The maximum atomic E-state index is 12.9. The lowest BCUT2D eigenvalue weighted by Gasteiger charge is -2.29. The fraction of sp³-hybridized carbons (Fsp3) is 0.0556. The van der Waals surface area contributed by atoms with Crippen molar-refractivity contribution in [2.75, 3.05) is 12.0 Å². The van der Waals surface area contributed by atoms with E-state index >= 15 is 0 Å². The Labute approximate surface area is 169 Å². The van der Waals surface area contributed by atoms with Gasteiger partial charge in [0.15, 0.2) is 5.11 Å². The zero-order chi connectivity index (χ0) is 20.4. The topological polar surface area (TPSA) is 102 Å². The molecule has 2 aromatic rings. The predicted molar refractivity (Wildman–Crippen MR) is 107 cm³/mol. The minimum Gasteiger partial charge on any atom is -0.496 e. The van der Waals surface area contributed by atoms with Gasteiger partial charge in [-0.15, -0.1) is 0 Å². The van der Waals surface area contributed by atoms with Gasteiger partial charge in [-0.05, 0) is 48.6 Å². The van der Waals surface area contributed by atoms with Crippen LogP contribution in [0.2, 0.25) is 5.02 Å². The molecule has 0 bridgehead atoms. The number of carbonyl (C=O) groups is 2. The fourth-order valence-corrected chi connectivity index (χ4v) is 2.98. The minimum absolute atomic E-state index is 0.0647. The number of nitro benzene ring substituents is 1. The van der Waals surface area contributed by atoms with Gasteiger partial charge in [-0.25, -0.2) is 0 Å². The van der Waals surface area contributed by atoms with Gasteiger partial charge in [0.1, 0.15) is 11.3 Å². The van der Waals surface area contributed by atoms with E-state index in [0.29, 0.717) is 16.3 Å². The number of hydrogen-bond donors (Lipinski definition) is 1. The maximum absolute atomic E-state index is 12.9. The van der Waals surface area contributed by atoms with Gasteiger partial charge < -0.3 is 4.74 Å². The van der Waals surface area contributed by atoms with Gasteiger partial charge in [0, 0.05) is 16.7 Å². The second kappa shape index (κ2) is 7.75. The monoisotopic (exact) mass is 417 g/mol. The summed E-state index contributed by atoms with van der Waals surface area (Å²) in [5.41, 5.74) is 0.384. The van der Waals surface area contributed by atoms with Gasteiger partial charge >= 0.3 is 0 Å². The molecule has 0 unspecified atom stereocenters. The number of thiocarbonyl (C=S) groups is 1. The molecule has 0 atom stereocenters. The average Bonchev–Trinajstić information content (AvgIpc) is 2.66. The third-order valence-corrected chi connectivity index (χ3v) is 4.45. The molecule has 1 saturated heterocycles. The third kappa shape index (κ3) is 3.71. The largest absolute Gasteiger partial charge is 0.496 e. The first-order valence-electron chi connectivity index (χ1n) is 7.81. The lowest BCUT2D eigenvalue weighted by molar-refractivity contribution is -0.384. The second-order valence-corrected chi connectivity index (χ2v) is 6.44. The van der Waals surface area contributed by atoms with E-state index in [2.05, 4.69) is 5.32 Å². The highest BCUT2D eigenvalue weighted by Crippen LogP contribution is 2.29. The van der Waals surface area contributed by atoms with Crippen LogP contribution in [0.25, 0.3) is 6.08 Å². The van der Waals surface area contributed by atoms with Crippen molar-refractivity contribution in [3.63, 3.8) is 0 Å². The molecular formula is C18H12ClN3O5S. The van der Waals surface area contributed by atoms with E-state index in [4.69, 9.17) is 28.6 Å². The summed E-state index contributed by atoms with van der Waals surface area (Å²) in [6.45, 7) is 0. The normalized spacial score (nSPS) is 15.6. The Morgan fingerprint density at radius 3 is 2.50 bits per heavy atom. The standard InChI is InChI=1S/C18H12ClN3O5S/c1-27-15-9-13(22(25)26)5-2-10(15)8-14-16(23)20-18(28)21(17(14)24)12-6-3-11(19)4-7-12/h2-9H,1H3,(H,20,23,28). The second-order valence-electron chi connectivity index (χ2n) is 5.62. The molecule has 2 aromatic carbocycles. The zero-order valence-electron chi connectivity index (χ0n) is 14.3. The first-order valence-corrected chi connectivity index (χ1v) is 8.60. The van der Waals surface area contributed by atoms with Crippen LogP contribution in [0.5, 0.6) is 5.75 Å². The minimum atomic E-state index is -0.680. The number of non-ortho nitro benzene ring substituents is 1. The number of nitrogens with one attached hydrogen (secondary N) is 1. The summed E-state index contributed by atoms with van der Waals surface area (Å²) in [5.74, 6) is -1.18. The maximum Gasteiger partial charge on any atom is 0.273 e. The van der Waals surface area contributed by atoms with Crippen LogP contribution >= 0.6 is 23.8 Å². The number of halogens is 1. The molecule has 0 radical (unpaired) electrons. The van der Waals surface area contributed by atoms with Crippen molar-refractivity contribution in [3.8, 4) is 5.75 Å². The fourth-order valence-electron chi connectivity index (χ4n) is 2.57. The van der Waals surface area contributed by atoms with Gasteiger partial charge in [0.2, 0.25) is 0 Å². The number of rotatable bonds is 4. The number of hydrogen-bond acceptors (Lipinski definition) is 6. The Morgan fingerprint density at radius 2 is 1.89 bits per heavy atom. The molecule has 10 heteroatoms. The van der Waals surface area contributed by atoms with Crippen LogP contribution < -0.4 is 15.0 Å². The molecule has 1 N–H and O–H groups in total. The van der Waals surface area contributed by atoms with Crippen molar-refractivity contribution >= 4 is 58.2 Å². The van der Waals surface area contributed by atoms with Crippen LogP contribution in [-0.4, -0.2) is 29.0 Å². The highest BCUT2D eigenvalue weighted by Gasteiger charge is 2.34. The van der Waals surface area contributed by atoms with Crippen molar-refractivity contribution in [1.29, 1.82) is 0 Å². The summed E-state index contributed by atoms with van der Waals surface area (Å²) in [6.07, 6.45) is 1.30. The van der Waals surface area contributed by atoms with Gasteiger partial charge in [-0.2, -0.15) is 0 Å². The van der Waals surface area contributed by atoms with Crippen LogP contribution in [0.4, 0.5) is 11.4 Å². The summed E-state index contributed by atoms with van der Waals surface area (Å²) in [7, 11) is 1.33. The first kappa shape index (κ1) is 19.5. The molecule has 0 aromatic heterocycles. The van der Waals surface area contributed by atoms with E-state index in [0.717, 1.165) is 4.90 Å². The van der Waals surface area contributed by atoms with E-state index in [1.807, 2.05) is 0 Å². The Bertz CT molecular complexity index is 1040. The molecule has 2 amide bonds. The van der Waals surface area contributed by atoms with Crippen molar-refractivity contribution in [3.05, 3.63) is 68.7 Å². The van der Waals surface area contributed by atoms with Gasteiger partial charge in [0.25, 0.3) is 17.5 Å². The lowest BCUT2D eigenvalue weighted by Crippen LogP contribution is -2.54. The van der Waals surface area contributed by atoms with Crippen LogP contribution in [0, 0.1) is 10.1 Å². The van der Waals surface area contributed by atoms with Crippen LogP contribution in [0.15, 0.2) is 48.0 Å². The van der Waals surface area contributed by atoms with Gasteiger partial charge in [-0.1, -0.05) is 11.6 Å². The smallest absolute Gasteiger partial charge is 0.273 e. The Hall–Kier alpha value is -3.30. The molecule has 0 saturated carbocycles. The van der Waals surface area contributed by atoms with Crippen molar-refractivity contribution in [2.24, 2.45) is 0 Å². The molecule has 1 aliphatic rings. The Balaban J connectivity index is 2.04. The van der Waals surface area contributed by atoms with Crippen molar-refractivity contribution < 1.29 is 19.2 Å². The zero-order valence-corrected chi connectivity index (χ0v) is 15.9. The summed E-state index contributed by atoms with van der Waals surface area (Å²) in [6, 6.07) is 10.2. The molecular weight excluding hydrogens is 406 g/mol. The number of ether oxygens (including phenoxy) is 1. The van der Waals surface area contributed by atoms with Gasteiger partial charge in [0.05, 0.1) is 23.8 Å². The molecule has 3 rings (SSSR count). The van der Waals surface area contributed by atoms with Crippen molar-refractivity contribution in [2.45, 2.75) is 0 Å². The molecule has 1 heterocycles. The third-order valence-electron chi connectivity index (χ3n) is 3.91. The number of benzene rings is 2. The lowest BCUT2D eigenvalue weighted by atomic mass is 10.1. The molecule has 8 nitrogen and oxygen atoms in total. The van der Waals surface area contributed by atoms with Crippen LogP contribution in [-0.2, 0) is 9.59 Å². The SMILES string of the molecule is COc1cc([N+](=O)[O-])ccc1C=C1C(=O)NC(=S)N(c2ccc(Cl)cc2)C1=O. The van der Waals surface area contributed by atoms with Crippen molar-refractivity contribution in [1.82, 2.24) is 5.32 Å². The number of amides is 2. The molecule has 0 spiro atoms. The van der Waals surface area contributed by atoms with E-state index in [1.165, 1.54) is 31.4 Å². The molecule has 1 aliphatic heterocycles. The quantitative estimate of drug-likeness (QED) is 0.269. The summed E-state index contributed by atoms with van der Waals surface area (Å²) < 4.78 is 5.15. The number of nitrogens with zero attached hydrogens (tertiary/aromatic N) is 2. The number of nitro groups is 1. The highest BCUT2D eigenvalue weighted by molar-refractivity contribution is 7.80. The average molecular weight is 418 g/mol. The van der Waals surface area contributed by atoms with E-state index in [9.17, 15) is 19.7 Å². The molecule has 142 valence electrons. The van der Waals surface area contributed by atoms with E-state index in [1.54, 1.807) is 24.3 Å². The van der Waals surface area contributed by atoms with Crippen LogP contribution in [0.1, 0.15) is 5.56 Å². The summed E-state index contributed by atoms with van der Waals surface area (Å²) in [5, 5.41) is 13.8. The van der Waals surface area contributed by atoms with E-state index < -0.39 is 16.7 Å². The molecule has 0 aliphatic carbocycles. The van der Waals surface area contributed by atoms with Gasteiger partial charge in [-0.3, -0.25) is 29.9 Å². The first-order chi connectivity index (χ1) is 13.3. The van der Waals surface area contributed by atoms with Crippen LogP contribution in [0.3, 0.4) is 0 Å².